The fraction of sp³-hybridized carbons (Fsp3) is 0.333. The van der Waals surface area contributed by atoms with Crippen molar-refractivity contribution in [3.63, 3.8) is 0 Å². The summed E-state index contributed by atoms with van der Waals surface area (Å²) in [6.45, 7) is 0.613. The molecule has 5 rings (SSSR count). The number of hydrogen-bond donors (Lipinski definition) is 1. The first-order chi connectivity index (χ1) is 15.4. The van der Waals surface area contributed by atoms with Crippen LogP contribution < -0.4 is 0 Å². The molecule has 5 heterocycles. The fourth-order valence-corrected chi connectivity index (χ4v) is 3.92. The summed E-state index contributed by atoms with van der Waals surface area (Å²) in [7, 11) is 0. The molecule has 0 atom stereocenters. The van der Waals surface area contributed by atoms with E-state index in [9.17, 15) is 18.0 Å². The molecule has 1 amide bonds. The van der Waals surface area contributed by atoms with Gasteiger partial charge in [-0.1, -0.05) is 0 Å². The topological polar surface area (TPSA) is 88.9 Å². The molecule has 166 valence electrons. The number of rotatable bonds is 3. The molecule has 1 aliphatic rings. The molecule has 1 fully saturated rings. The molecule has 11 heteroatoms. The lowest BCUT2D eigenvalue weighted by Crippen LogP contribution is -2.33. The second-order valence-corrected chi connectivity index (χ2v) is 7.57. The van der Waals surface area contributed by atoms with Gasteiger partial charge in [-0.25, -0.2) is 0 Å². The van der Waals surface area contributed by atoms with Gasteiger partial charge >= 0.3 is 6.18 Å². The third kappa shape index (κ3) is 3.79. The van der Waals surface area contributed by atoms with Crippen molar-refractivity contribution in [2.75, 3.05) is 26.3 Å². The molecule has 4 aromatic heterocycles. The third-order valence-electron chi connectivity index (χ3n) is 5.38. The number of nitrogens with zero attached hydrogens (tertiary/aromatic N) is 5. The maximum Gasteiger partial charge on any atom is 0.408 e. The SMILES string of the molecule is O=C(c1cc2c(cn1)c(-c1c[nH]c3cccnc13)nn2CC(F)(F)F)N1CCCOCC1. The van der Waals surface area contributed by atoms with Gasteiger partial charge in [0.05, 0.1) is 23.2 Å². The van der Waals surface area contributed by atoms with E-state index < -0.39 is 12.7 Å². The number of aromatic nitrogens is 5. The Morgan fingerprint density at radius 2 is 2.09 bits per heavy atom. The highest BCUT2D eigenvalue weighted by Gasteiger charge is 2.31. The van der Waals surface area contributed by atoms with Crippen molar-refractivity contribution < 1.29 is 22.7 Å². The molecule has 1 N–H and O–H groups in total. The van der Waals surface area contributed by atoms with Crippen LogP contribution in [0.2, 0.25) is 0 Å². The first-order valence-corrected chi connectivity index (χ1v) is 10.1. The standard InChI is InChI=1S/C21H19F3N6O2/c22-21(23,24)12-30-17-9-16(20(31)29-5-2-7-32-8-6-29)27-10-13(17)18(28-30)14-11-26-15-3-1-4-25-19(14)15/h1,3-4,9-11,26H,2,5-8,12H2. The number of H-pyrrole nitrogens is 1. The summed E-state index contributed by atoms with van der Waals surface area (Å²) in [4.78, 5) is 26.2. The van der Waals surface area contributed by atoms with Gasteiger partial charge in [0.2, 0.25) is 0 Å². The zero-order valence-electron chi connectivity index (χ0n) is 16.9. The summed E-state index contributed by atoms with van der Waals surface area (Å²) in [5, 5.41) is 4.66. The molecular formula is C21H19F3N6O2. The molecule has 0 aliphatic carbocycles. The second-order valence-electron chi connectivity index (χ2n) is 7.57. The van der Waals surface area contributed by atoms with E-state index >= 15 is 0 Å². The van der Waals surface area contributed by atoms with Crippen LogP contribution in [0.4, 0.5) is 13.2 Å². The predicted octanol–water partition coefficient (Wildman–Crippen LogP) is 3.40. The van der Waals surface area contributed by atoms with E-state index in [1.165, 1.54) is 12.3 Å². The van der Waals surface area contributed by atoms with Gasteiger partial charge in [-0.3, -0.25) is 19.4 Å². The first kappa shape index (κ1) is 20.4. The van der Waals surface area contributed by atoms with Crippen molar-refractivity contribution >= 4 is 27.8 Å². The highest BCUT2D eigenvalue weighted by Crippen LogP contribution is 2.33. The van der Waals surface area contributed by atoms with E-state index in [0.717, 1.165) is 10.2 Å². The van der Waals surface area contributed by atoms with E-state index in [1.54, 1.807) is 23.4 Å². The Hall–Kier alpha value is -3.47. The number of nitrogens with one attached hydrogen (secondary N) is 1. The smallest absolute Gasteiger partial charge is 0.380 e. The minimum absolute atomic E-state index is 0.0753. The number of aromatic amines is 1. The number of carbonyl (C=O) groups excluding carboxylic acids is 1. The van der Waals surface area contributed by atoms with Gasteiger partial charge < -0.3 is 14.6 Å². The average molecular weight is 444 g/mol. The summed E-state index contributed by atoms with van der Waals surface area (Å²) in [5.74, 6) is -0.340. The second kappa shape index (κ2) is 7.90. The van der Waals surface area contributed by atoms with Gasteiger partial charge in [0.15, 0.2) is 0 Å². The summed E-state index contributed by atoms with van der Waals surface area (Å²) in [6.07, 6.45) is 0.887. The van der Waals surface area contributed by atoms with Gasteiger partial charge in [-0.05, 0) is 24.6 Å². The summed E-state index contributed by atoms with van der Waals surface area (Å²) >= 11 is 0. The quantitative estimate of drug-likeness (QED) is 0.523. The monoisotopic (exact) mass is 444 g/mol. The molecule has 0 bridgehead atoms. The van der Waals surface area contributed by atoms with E-state index in [0.29, 0.717) is 54.9 Å². The van der Waals surface area contributed by atoms with E-state index in [2.05, 4.69) is 20.1 Å². The summed E-state index contributed by atoms with van der Waals surface area (Å²) in [6, 6.07) is 4.96. The fourth-order valence-electron chi connectivity index (χ4n) is 3.92. The van der Waals surface area contributed by atoms with Crippen LogP contribution in [0.3, 0.4) is 0 Å². The van der Waals surface area contributed by atoms with E-state index in [1.807, 2.05) is 6.07 Å². The van der Waals surface area contributed by atoms with Gasteiger partial charge in [0, 0.05) is 49.2 Å². The van der Waals surface area contributed by atoms with Crippen LogP contribution in [0.15, 0.2) is 36.8 Å². The van der Waals surface area contributed by atoms with Gasteiger partial charge in [0.25, 0.3) is 5.91 Å². The van der Waals surface area contributed by atoms with Crippen LogP contribution >= 0.6 is 0 Å². The van der Waals surface area contributed by atoms with E-state index in [-0.39, 0.29) is 17.1 Å². The number of halogens is 3. The van der Waals surface area contributed by atoms with Crippen LogP contribution in [0.1, 0.15) is 16.9 Å². The lowest BCUT2D eigenvalue weighted by atomic mass is 10.1. The molecule has 8 nitrogen and oxygen atoms in total. The number of carbonyl (C=O) groups is 1. The molecule has 1 aliphatic heterocycles. The van der Waals surface area contributed by atoms with Crippen molar-refractivity contribution in [2.45, 2.75) is 19.1 Å². The Morgan fingerprint density at radius 3 is 2.94 bits per heavy atom. The van der Waals surface area contributed by atoms with E-state index in [4.69, 9.17) is 4.74 Å². The van der Waals surface area contributed by atoms with Crippen molar-refractivity contribution in [1.29, 1.82) is 0 Å². The Balaban J connectivity index is 1.62. The number of alkyl halides is 3. The Labute approximate surface area is 180 Å². The minimum Gasteiger partial charge on any atom is -0.380 e. The summed E-state index contributed by atoms with van der Waals surface area (Å²) in [5.41, 5.74) is 2.49. The molecule has 1 saturated heterocycles. The largest absolute Gasteiger partial charge is 0.408 e. The number of amides is 1. The molecule has 4 aromatic rings. The highest BCUT2D eigenvalue weighted by atomic mass is 19.4. The third-order valence-corrected chi connectivity index (χ3v) is 5.38. The Kier molecular flexibility index (Phi) is 5.04. The molecule has 0 unspecified atom stereocenters. The van der Waals surface area contributed by atoms with Crippen LogP contribution in [-0.2, 0) is 11.3 Å². The van der Waals surface area contributed by atoms with Crippen molar-refractivity contribution in [1.82, 2.24) is 29.6 Å². The molecule has 0 radical (unpaired) electrons. The Morgan fingerprint density at radius 1 is 1.22 bits per heavy atom. The average Bonchev–Trinajstić information content (AvgIpc) is 3.21. The normalized spacial score (nSPS) is 15.4. The van der Waals surface area contributed by atoms with Gasteiger partial charge in [-0.2, -0.15) is 18.3 Å². The number of pyridine rings is 2. The van der Waals surface area contributed by atoms with Crippen molar-refractivity contribution in [3.05, 3.63) is 42.5 Å². The van der Waals surface area contributed by atoms with Crippen molar-refractivity contribution in [2.24, 2.45) is 0 Å². The number of ether oxygens (including phenoxy) is 1. The zero-order chi connectivity index (χ0) is 22.3. The molecule has 0 spiro atoms. The van der Waals surface area contributed by atoms with Crippen LogP contribution in [-0.4, -0.2) is 68.0 Å². The highest BCUT2D eigenvalue weighted by molar-refractivity contribution is 6.03. The minimum atomic E-state index is -4.48. The van der Waals surface area contributed by atoms with Crippen LogP contribution in [0, 0.1) is 0 Å². The molecule has 0 aromatic carbocycles. The van der Waals surface area contributed by atoms with Gasteiger partial charge in [0.1, 0.15) is 17.9 Å². The maximum atomic E-state index is 13.3. The summed E-state index contributed by atoms with van der Waals surface area (Å²) < 4.78 is 46.1. The van der Waals surface area contributed by atoms with Crippen LogP contribution in [0.25, 0.3) is 33.2 Å². The number of fused-ring (bicyclic) bond motifs is 2. The van der Waals surface area contributed by atoms with Gasteiger partial charge in [-0.15, -0.1) is 0 Å². The lowest BCUT2D eigenvalue weighted by Gasteiger charge is -2.19. The molecule has 32 heavy (non-hydrogen) atoms. The van der Waals surface area contributed by atoms with Crippen molar-refractivity contribution in [3.8, 4) is 11.3 Å². The molecule has 0 saturated carbocycles. The molecular weight excluding hydrogens is 425 g/mol. The Bertz CT molecular complexity index is 1290. The van der Waals surface area contributed by atoms with Crippen LogP contribution in [0.5, 0.6) is 0 Å². The number of hydrogen-bond acceptors (Lipinski definition) is 5. The first-order valence-electron chi connectivity index (χ1n) is 10.1. The zero-order valence-corrected chi connectivity index (χ0v) is 16.9. The predicted molar refractivity (Wildman–Crippen MR) is 110 cm³/mol. The maximum absolute atomic E-state index is 13.3. The lowest BCUT2D eigenvalue weighted by molar-refractivity contribution is -0.141.